The monoisotopic (exact) mass is 316 g/mol. The number of nitrogens with one attached hydrogen (secondary N) is 1. The van der Waals surface area contributed by atoms with Crippen LogP contribution in [0.4, 0.5) is 0 Å². The average Bonchev–Trinajstić information content (AvgIpc) is 2.92. The second-order valence-electron chi connectivity index (χ2n) is 6.56. The standard InChI is InChI=1S/C18H28N4O/c1-6-12(4)16(19)18(23)20-13(5)17-21-14-9-7-8-10-15(14)22(17)11(2)3/h7-13,16H,6,19H2,1-5H3,(H,20,23). The van der Waals surface area contributed by atoms with E-state index in [9.17, 15) is 4.79 Å². The van der Waals surface area contributed by atoms with Gasteiger partial charge >= 0.3 is 0 Å². The van der Waals surface area contributed by atoms with Gasteiger partial charge in [-0.2, -0.15) is 0 Å². The van der Waals surface area contributed by atoms with E-state index >= 15 is 0 Å². The molecule has 23 heavy (non-hydrogen) atoms. The molecule has 1 aromatic carbocycles. The van der Waals surface area contributed by atoms with Crippen LogP contribution in [-0.4, -0.2) is 21.5 Å². The normalized spacial score (nSPS) is 15.6. The molecule has 3 N–H and O–H groups in total. The Morgan fingerprint density at radius 1 is 1.26 bits per heavy atom. The number of rotatable bonds is 6. The van der Waals surface area contributed by atoms with E-state index < -0.39 is 6.04 Å². The number of hydrogen-bond donors (Lipinski definition) is 2. The third-order valence-corrected chi connectivity index (χ3v) is 4.45. The van der Waals surface area contributed by atoms with Gasteiger partial charge in [-0.1, -0.05) is 32.4 Å². The van der Waals surface area contributed by atoms with Gasteiger partial charge in [0.2, 0.25) is 5.91 Å². The fraction of sp³-hybridized carbons (Fsp3) is 0.556. The lowest BCUT2D eigenvalue weighted by Gasteiger charge is -2.22. The molecule has 126 valence electrons. The van der Waals surface area contributed by atoms with Crippen molar-refractivity contribution in [1.82, 2.24) is 14.9 Å². The Kier molecular flexibility index (Phi) is 5.42. The Balaban J connectivity index is 2.29. The van der Waals surface area contributed by atoms with Crippen LogP contribution < -0.4 is 11.1 Å². The summed E-state index contributed by atoms with van der Waals surface area (Å²) in [6.07, 6.45) is 0.882. The molecule has 0 radical (unpaired) electrons. The Labute approximate surface area is 138 Å². The Morgan fingerprint density at radius 2 is 1.91 bits per heavy atom. The number of benzene rings is 1. The maximum atomic E-state index is 12.4. The van der Waals surface area contributed by atoms with Crippen molar-refractivity contribution in [2.24, 2.45) is 11.7 Å². The summed E-state index contributed by atoms with van der Waals surface area (Å²) in [7, 11) is 0. The van der Waals surface area contributed by atoms with Gasteiger partial charge in [-0.25, -0.2) is 4.98 Å². The van der Waals surface area contributed by atoms with E-state index in [0.29, 0.717) is 0 Å². The lowest BCUT2D eigenvalue weighted by molar-refractivity contribution is -0.124. The molecule has 0 aliphatic carbocycles. The molecule has 0 fully saturated rings. The summed E-state index contributed by atoms with van der Waals surface area (Å²) >= 11 is 0. The van der Waals surface area contributed by atoms with Gasteiger partial charge in [0.15, 0.2) is 0 Å². The van der Waals surface area contributed by atoms with Gasteiger partial charge in [-0.3, -0.25) is 4.79 Å². The number of carbonyl (C=O) groups excluding carboxylic acids is 1. The van der Waals surface area contributed by atoms with Gasteiger partial charge in [0.1, 0.15) is 5.82 Å². The summed E-state index contributed by atoms with van der Waals surface area (Å²) < 4.78 is 2.18. The predicted molar refractivity (Wildman–Crippen MR) is 94.1 cm³/mol. The fourth-order valence-electron chi connectivity index (χ4n) is 2.80. The first-order valence-corrected chi connectivity index (χ1v) is 8.39. The third kappa shape index (κ3) is 3.55. The summed E-state index contributed by atoms with van der Waals surface area (Å²) in [5.74, 6) is 0.909. The summed E-state index contributed by atoms with van der Waals surface area (Å²) in [6.45, 7) is 10.2. The topological polar surface area (TPSA) is 72.9 Å². The maximum Gasteiger partial charge on any atom is 0.237 e. The zero-order valence-corrected chi connectivity index (χ0v) is 14.7. The Morgan fingerprint density at radius 3 is 2.52 bits per heavy atom. The van der Waals surface area contributed by atoms with E-state index in [1.54, 1.807) is 0 Å². The molecule has 0 spiro atoms. The van der Waals surface area contributed by atoms with E-state index in [1.807, 2.05) is 39.0 Å². The molecule has 0 bridgehead atoms. The molecule has 3 unspecified atom stereocenters. The molecule has 1 aromatic heterocycles. The molecular formula is C18H28N4O. The van der Waals surface area contributed by atoms with Crippen molar-refractivity contribution in [3.8, 4) is 0 Å². The van der Waals surface area contributed by atoms with Crippen LogP contribution in [0.25, 0.3) is 11.0 Å². The molecule has 5 heteroatoms. The largest absolute Gasteiger partial charge is 0.345 e. The molecule has 1 heterocycles. The van der Waals surface area contributed by atoms with Crippen LogP contribution in [0.3, 0.4) is 0 Å². The molecular weight excluding hydrogens is 288 g/mol. The number of nitrogens with zero attached hydrogens (tertiary/aromatic N) is 2. The number of amides is 1. The fourth-order valence-corrected chi connectivity index (χ4v) is 2.80. The summed E-state index contributed by atoms with van der Waals surface area (Å²) in [5, 5.41) is 3.02. The second-order valence-corrected chi connectivity index (χ2v) is 6.56. The lowest BCUT2D eigenvalue weighted by atomic mass is 9.99. The summed E-state index contributed by atoms with van der Waals surface area (Å²) in [5.41, 5.74) is 8.07. The van der Waals surface area contributed by atoms with Crippen molar-refractivity contribution in [1.29, 1.82) is 0 Å². The molecule has 0 aliphatic rings. The average molecular weight is 316 g/mol. The number of carbonyl (C=O) groups is 1. The van der Waals surface area contributed by atoms with Crippen LogP contribution in [0.2, 0.25) is 0 Å². The van der Waals surface area contributed by atoms with Crippen LogP contribution in [-0.2, 0) is 4.79 Å². The van der Waals surface area contributed by atoms with E-state index in [0.717, 1.165) is 23.3 Å². The molecule has 2 rings (SSSR count). The molecule has 1 amide bonds. The minimum absolute atomic E-state index is 0.116. The second kappa shape index (κ2) is 7.13. The molecule has 0 aliphatic heterocycles. The lowest BCUT2D eigenvalue weighted by Crippen LogP contribution is -2.45. The number of hydrogen-bond acceptors (Lipinski definition) is 3. The number of imidazole rings is 1. The highest BCUT2D eigenvalue weighted by Crippen LogP contribution is 2.25. The van der Waals surface area contributed by atoms with Gasteiger partial charge in [0, 0.05) is 6.04 Å². The van der Waals surface area contributed by atoms with Crippen molar-refractivity contribution in [3.05, 3.63) is 30.1 Å². The summed E-state index contributed by atoms with van der Waals surface area (Å²) in [4.78, 5) is 17.1. The number of para-hydroxylation sites is 2. The van der Waals surface area contributed by atoms with Crippen LogP contribution >= 0.6 is 0 Å². The zero-order chi connectivity index (χ0) is 17.1. The number of aromatic nitrogens is 2. The van der Waals surface area contributed by atoms with Gasteiger partial charge in [-0.05, 0) is 38.8 Å². The first-order chi connectivity index (χ1) is 10.9. The number of fused-ring (bicyclic) bond motifs is 1. The van der Waals surface area contributed by atoms with Crippen LogP contribution in [0.5, 0.6) is 0 Å². The van der Waals surface area contributed by atoms with Crippen molar-refractivity contribution >= 4 is 16.9 Å². The minimum Gasteiger partial charge on any atom is -0.345 e. The summed E-state index contributed by atoms with van der Waals surface area (Å²) in [6, 6.07) is 7.63. The third-order valence-electron chi connectivity index (χ3n) is 4.45. The van der Waals surface area contributed by atoms with Crippen molar-refractivity contribution in [3.63, 3.8) is 0 Å². The SMILES string of the molecule is CCC(C)C(N)C(=O)NC(C)c1nc2ccccc2n1C(C)C. The van der Waals surface area contributed by atoms with Crippen molar-refractivity contribution < 1.29 is 4.79 Å². The highest BCUT2D eigenvalue weighted by Gasteiger charge is 2.24. The Hall–Kier alpha value is -1.88. The van der Waals surface area contributed by atoms with E-state index in [2.05, 4.69) is 29.8 Å². The van der Waals surface area contributed by atoms with E-state index in [4.69, 9.17) is 10.7 Å². The Bertz CT molecular complexity index is 677. The first-order valence-electron chi connectivity index (χ1n) is 8.39. The highest BCUT2D eigenvalue weighted by molar-refractivity contribution is 5.82. The van der Waals surface area contributed by atoms with Gasteiger partial charge in [0.25, 0.3) is 0 Å². The highest BCUT2D eigenvalue weighted by atomic mass is 16.2. The first kappa shape index (κ1) is 17.5. The van der Waals surface area contributed by atoms with Crippen molar-refractivity contribution in [2.45, 2.75) is 59.2 Å². The predicted octanol–water partition coefficient (Wildman–Crippen LogP) is 3.17. The van der Waals surface area contributed by atoms with Crippen LogP contribution in [0.1, 0.15) is 58.9 Å². The molecule has 3 atom stereocenters. The molecule has 2 aromatic rings. The minimum atomic E-state index is -0.487. The van der Waals surface area contributed by atoms with Crippen LogP contribution in [0.15, 0.2) is 24.3 Å². The zero-order valence-electron chi connectivity index (χ0n) is 14.7. The van der Waals surface area contributed by atoms with E-state index in [1.165, 1.54) is 0 Å². The van der Waals surface area contributed by atoms with Crippen LogP contribution in [0, 0.1) is 5.92 Å². The van der Waals surface area contributed by atoms with Gasteiger partial charge in [-0.15, -0.1) is 0 Å². The maximum absolute atomic E-state index is 12.4. The smallest absolute Gasteiger partial charge is 0.237 e. The van der Waals surface area contributed by atoms with Gasteiger partial charge in [0.05, 0.1) is 23.1 Å². The molecule has 5 nitrogen and oxygen atoms in total. The quantitative estimate of drug-likeness (QED) is 0.859. The molecule has 0 saturated heterocycles. The van der Waals surface area contributed by atoms with Crippen molar-refractivity contribution in [2.75, 3.05) is 0 Å². The molecule has 0 saturated carbocycles. The van der Waals surface area contributed by atoms with Gasteiger partial charge < -0.3 is 15.6 Å². The van der Waals surface area contributed by atoms with E-state index in [-0.39, 0.29) is 23.9 Å². The number of nitrogens with two attached hydrogens (primary N) is 1.